The summed E-state index contributed by atoms with van der Waals surface area (Å²) in [5, 5.41) is 9.45. The third kappa shape index (κ3) is 3.71. The van der Waals surface area contributed by atoms with Crippen LogP contribution in [0.25, 0.3) is 17.1 Å². The second-order valence-corrected chi connectivity index (χ2v) is 7.08. The molecule has 0 saturated heterocycles. The van der Waals surface area contributed by atoms with Crippen LogP contribution in [0, 0.1) is 6.92 Å². The molecular weight excluding hydrogens is 356 g/mol. The smallest absolute Gasteiger partial charge is 0.196 e. The molecule has 0 aliphatic rings. The van der Waals surface area contributed by atoms with Gasteiger partial charge in [-0.1, -0.05) is 59.8 Å². The summed E-state index contributed by atoms with van der Waals surface area (Å²) in [6.07, 6.45) is 1.75. The number of aryl methyl sites for hydroxylation is 1. The number of thioether (sulfide) groups is 1. The normalized spacial score (nSPS) is 10.9. The monoisotopic (exact) mass is 374 g/mol. The topological polar surface area (TPSA) is 63.6 Å². The van der Waals surface area contributed by atoms with Crippen LogP contribution in [0.4, 0.5) is 0 Å². The third-order valence-corrected chi connectivity index (χ3v) is 5.12. The van der Waals surface area contributed by atoms with E-state index in [4.69, 9.17) is 0 Å². The predicted molar refractivity (Wildman–Crippen MR) is 107 cm³/mol. The predicted octanol–water partition coefficient (Wildman–Crippen LogP) is 4.55. The summed E-state index contributed by atoms with van der Waals surface area (Å²) in [7, 11) is 0. The van der Waals surface area contributed by atoms with Gasteiger partial charge >= 0.3 is 0 Å². The van der Waals surface area contributed by atoms with Gasteiger partial charge in [-0.3, -0.25) is 9.36 Å². The third-order valence-electron chi connectivity index (χ3n) is 4.19. The second-order valence-electron chi connectivity index (χ2n) is 6.14. The number of H-pyrrole nitrogens is 1. The Balaban J connectivity index is 1.70. The van der Waals surface area contributed by atoms with Gasteiger partial charge in [-0.25, -0.2) is 0 Å². The van der Waals surface area contributed by atoms with Crippen LogP contribution in [0.5, 0.6) is 0 Å². The molecule has 0 bridgehead atoms. The van der Waals surface area contributed by atoms with Crippen LogP contribution in [-0.2, 0) is 0 Å². The number of nitrogens with zero attached hydrogens (tertiary/aromatic N) is 3. The van der Waals surface area contributed by atoms with Crippen molar-refractivity contribution in [3.63, 3.8) is 0 Å². The Morgan fingerprint density at radius 2 is 1.78 bits per heavy atom. The summed E-state index contributed by atoms with van der Waals surface area (Å²) in [5.41, 5.74) is 3.74. The van der Waals surface area contributed by atoms with Gasteiger partial charge in [0.15, 0.2) is 16.8 Å². The molecule has 0 fully saturated rings. The molecule has 0 atom stereocenters. The Kier molecular flexibility index (Phi) is 4.89. The molecule has 4 aromatic rings. The van der Waals surface area contributed by atoms with Crippen LogP contribution in [-0.4, -0.2) is 31.3 Å². The molecule has 5 nitrogen and oxygen atoms in total. The second kappa shape index (κ2) is 7.63. The molecule has 6 heteroatoms. The number of ketones is 1. The number of hydrogen-bond acceptors (Lipinski definition) is 4. The Morgan fingerprint density at radius 1 is 1.00 bits per heavy atom. The molecule has 4 rings (SSSR count). The lowest BCUT2D eigenvalue weighted by Gasteiger charge is -2.10. The fourth-order valence-corrected chi connectivity index (χ4v) is 3.61. The first-order chi connectivity index (χ1) is 13.2. The van der Waals surface area contributed by atoms with Crippen molar-refractivity contribution in [3.8, 4) is 17.1 Å². The van der Waals surface area contributed by atoms with Gasteiger partial charge in [0.25, 0.3) is 0 Å². The summed E-state index contributed by atoms with van der Waals surface area (Å²) in [6, 6.07) is 21.7. The molecule has 1 N–H and O–H groups in total. The van der Waals surface area contributed by atoms with E-state index in [1.807, 2.05) is 53.1 Å². The summed E-state index contributed by atoms with van der Waals surface area (Å²) >= 11 is 1.39. The van der Waals surface area contributed by atoms with Gasteiger partial charge in [0.05, 0.1) is 11.4 Å². The van der Waals surface area contributed by atoms with E-state index in [1.54, 1.807) is 12.3 Å². The zero-order chi connectivity index (χ0) is 18.6. The molecule has 2 aromatic heterocycles. The maximum atomic E-state index is 12.3. The lowest BCUT2D eigenvalue weighted by atomic mass is 10.2. The number of aromatic nitrogens is 4. The van der Waals surface area contributed by atoms with E-state index in [9.17, 15) is 4.79 Å². The van der Waals surface area contributed by atoms with E-state index in [1.165, 1.54) is 17.3 Å². The lowest BCUT2D eigenvalue weighted by Crippen LogP contribution is -2.05. The fourth-order valence-electron chi connectivity index (χ4n) is 2.78. The van der Waals surface area contributed by atoms with E-state index in [2.05, 4.69) is 34.2 Å². The van der Waals surface area contributed by atoms with Gasteiger partial charge in [0.1, 0.15) is 0 Å². The fraction of sp³-hybridized carbons (Fsp3) is 0.0952. The first-order valence-electron chi connectivity index (χ1n) is 8.59. The molecular formula is C21H18N4OS. The maximum absolute atomic E-state index is 12.3. The highest BCUT2D eigenvalue weighted by atomic mass is 32.2. The van der Waals surface area contributed by atoms with E-state index < -0.39 is 0 Å². The van der Waals surface area contributed by atoms with Crippen molar-refractivity contribution in [2.45, 2.75) is 12.1 Å². The molecule has 0 aliphatic carbocycles. The van der Waals surface area contributed by atoms with E-state index in [0.29, 0.717) is 16.6 Å². The lowest BCUT2D eigenvalue weighted by molar-refractivity contribution is 0.101. The van der Waals surface area contributed by atoms with Crippen LogP contribution in [0.3, 0.4) is 0 Å². The minimum atomic E-state index is 0.0321. The molecule has 0 unspecified atom stereocenters. The number of rotatable bonds is 6. The Bertz CT molecular complexity index is 1040. The number of aromatic amines is 1. The van der Waals surface area contributed by atoms with Crippen molar-refractivity contribution in [2.75, 3.05) is 5.75 Å². The molecule has 0 saturated carbocycles. The number of nitrogens with one attached hydrogen (secondary N) is 1. The highest BCUT2D eigenvalue weighted by Crippen LogP contribution is 2.28. The zero-order valence-corrected chi connectivity index (χ0v) is 15.6. The molecule has 0 amide bonds. The molecule has 2 heterocycles. The maximum Gasteiger partial charge on any atom is 0.196 e. The Hall–Kier alpha value is -3.12. The van der Waals surface area contributed by atoms with Crippen LogP contribution >= 0.6 is 11.8 Å². The van der Waals surface area contributed by atoms with Crippen LogP contribution in [0.2, 0.25) is 0 Å². The van der Waals surface area contributed by atoms with E-state index in [-0.39, 0.29) is 5.78 Å². The molecule has 27 heavy (non-hydrogen) atoms. The van der Waals surface area contributed by atoms with Crippen molar-refractivity contribution >= 4 is 17.5 Å². The van der Waals surface area contributed by atoms with Gasteiger partial charge < -0.3 is 4.98 Å². The van der Waals surface area contributed by atoms with Crippen LogP contribution < -0.4 is 0 Å². The molecule has 0 aliphatic heterocycles. The average Bonchev–Trinajstić information content (AvgIpc) is 3.38. The van der Waals surface area contributed by atoms with Gasteiger partial charge in [0.2, 0.25) is 0 Å². The zero-order valence-electron chi connectivity index (χ0n) is 14.8. The molecule has 2 aromatic carbocycles. The largest absolute Gasteiger partial charge is 0.359 e. The number of benzene rings is 2. The minimum Gasteiger partial charge on any atom is -0.359 e. The van der Waals surface area contributed by atoms with Crippen molar-refractivity contribution in [2.24, 2.45) is 0 Å². The van der Waals surface area contributed by atoms with Crippen LogP contribution in [0.15, 0.2) is 78.1 Å². The van der Waals surface area contributed by atoms with Crippen LogP contribution in [0.1, 0.15) is 16.1 Å². The Labute approximate surface area is 161 Å². The first-order valence-corrected chi connectivity index (χ1v) is 9.58. The highest BCUT2D eigenvalue weighted by Gasteiger charge is 2.17. The van der Waals surface area contributed by atoms with Crippen molar-refractivity contribution < 1.29 is 4.79 Å². The van der Waals surface area contributed by atoms with Crippen molar-refractivity contribution in [1.82, 2.24) is 19.7 Å². The standard InChI is InChI=1S/C21H18N4OS/c1-15-9-11-17(12-10-15)25-20(16-6-3-2-4-7-16)23-24-21(25)27-14-19(26)18-8-5-13-22-18/h2-13,22H,14H2,1H3. The van der Waals surface area contributed by atoms with Gasteiger partial charge in [-0.15, -0.1) is 10.2 Å². The van der Waals surface area contributed by atoms with Gasteiger partial charge in [-0.05, 0) is 31.2 Å². The SMILES string of the molecule is Cc1ccc(-n2c(SCC(=O)c3ccc[nH]3)nnc2-c2ccccc2)cc1. The van der Waals surface area contributed by atoms with E-state index in [0.717, 1.165) is 17.1 Å². The number of Topliss-reactive ketones (excluding diaryl/α,β-unsaturated/α-hetero) is 1. The highest BCUT2D eigenvalue weighted by molar-refractivity contribution is 7.99. The summed E-state index contributed by atoms with van der Waals surface area (Å²) in [5.74, 6) is 1.08. The van der Waals surface area contributed by atoms with Crippen molar-refractivity contribution in [1.29, 1.82) is 0 Å². The van der Waals surface area contributed by atoms with Gasteiger partial charge in [-0.2, -0.15) is 0 Å². The number of carbonyl (C=O) groups excluding carboxylic acids is 1. The minimum absolute atomic E-state index is 0.0321. The first kappa shape index (κ1) is 17.3. The quantitative estimate of drug-likeness (QED) is 0.397. The van der Waals surface area contributed by atoms with Gasteiger partial charge in [0, 0.05) is 17.4 Å². The van der Waals surface area contributed by atoms with Crippen molar-refractivity contribution in [3.05, 3.63) is 84.2 Å². The number of carbonyl (C=O) groups is 1. The van der Waals surface area contributed by atoms with E-state index >= 15 is 0 Å². The summed E-state index contributed by atoms with van der Waals surface area (Å²) in [6.45, 7) is 2.05. The summed E-state index contributed by atoms with van der Waals surface area (Å²) in [4.78, 5) is 15.3. The summed E-state index contributed by atoms with van der Waals surface area (Å²) < 4.78 is 2.00. The molecule has 0 spiro atoms. The molecule has 0 radical (unpaired) electrons. The number of hydrogen-bond donors (Lipinski definition) is 1. The average molecular weight is 374 g/mol. The molecule has 134 valence electrons. The Morgan fingerprint density at radius 3 is 2.48 bits per heavy atom.